The topological polar surface area (TPSA) is 32.8 Å². The minimum absolute atomic E-state index is 0.176. The quantitative estimate of drug-likeness (QED) is 0.649. The van der Waals surface area contributed by atoms with Gasteiger partial charge in [0.1, 0.15) is 6.29 Å². The van der Waals surface area contributed by atoms with Gasteiger partial charge in [-0.1, -0.05) is 6.42 Å². The average molecular weight is 226 g/mol. The van der Waals surface area contributed by atoms with Gasteiger partial charge in [-0.15, -0.1) is 0 Å². The van der Waals surface area contributed by atoms with Gasteiger partial charge >= 0.3 is 0 Å². The highest BCUT2D eigenvalue weighted by molar-refractivity contribution is 5.57. The maximum absolute atomic E-state index is 10.9. The molecule has 4 heteroatoms. The highest BCUT2D eigenvalue weighted by Crippen LogP contribution is 2.15. The van der Waals surface area contributed by atoms with E-state index >= 15 is 0 Å². The lowest BCUT2D eigenvalue weighted by Gasteiger charge is -2.35. The first kappa shape index (κ1) is 12.0. The van der Waals surface area contributed by atoms with Gasteiger partial charge in [-0.05, 0) is 19.4 Å². The van der Waals surface area contributed by atoms with E-state index in [1.54, 1.807) is 0 Å². The number of ether oxygens (including phenoxy) is 1. The van der Waals surface area contributed by atoms with Crippen LogP contribution in [-0.2, 0) is 9.53 Å². The molecular formula is C12H22N2O2. The molecule has 0 N–H and O–H groups in total. The molecular weight excluding hydrogens is 204 g/mol. The normalized spacial score (nSPS) is 29.1. The molecule has 0 aliphatic carbocycles. The van der Waals surface area contributed by atoms with Crippen molar-refractivity contribution in [1.29, 1.82) is 0 Å². The van der Waals surface area contributed by atoms with E-state index in [4.69, 9.17) is 4.74 Å². The number of likely N-dealkylation sites (tertiary alicyclic amines) is 1. The van der Waals surface area contributed by atoms with Crippen molar-refractivity contribution in [3.8, 4) is 0 Å². The Kier molecular flexibility index (Phi) is 4.75. The van der Waals surface area contributed by atoms with Gasteiger partial charge in [-0.25, -0.2) is 0 Å². The highest BCUT2D eigenvalue weighted by atomic mass is 16.5. The van der Waals surface area contributed by atoms with E-state index in [0.717, 1.165) is 58.6 Å². The molecule has 0 bridgehead atoms. The Morgan fingerprint density at radius 3 is 2.69 bits per heavy atom. The zero-order chi connectivity index (χ0) is 11.2. The SMILES string of the molecule is O=CC1CCCCN1CCN1CCOCC1. The van der Waals surface area contributed by atoms with Crippen LogP contribution < -0.4 is 0 Å². The number of nitrogens with zero attached hydrogens (tertiary/aromatic N) is 2. The third-order valence-corrected chi connectivity index (χ3v) is 3.63. The van der Waals surface area contributed by atoms with E-state index in [0.29, 0.717) is 0 Å². The number of carbonyl (C=O) groups excluding carboxylic acids is 1. The first-order valence-electron chi connectivity index (χ1n) is 6.39. The second-order valence-electron chi connectivity index (χ2n) is 4.69. The fourth-order valence-electron chi connectivity index (χ4n) is 2.54. The average Bonchev–Trinajstić information content (AvgIpc) is 2.38. The van der Waals surface area contributed by atoms with Crippen molar-refractivity contribution in [2.75, 3.05) is 45.9 Å². The van der Waals surface area contributed by atoms with Crippen molar-refractivity contribution in [2.24, 2.45) is 0 Å². The fraction of sp³-hybridized carbons (Fsp3) is 0.917. The predicted octanol–water partition coefficient (Wildman–Crippen LogP) is 0.372. The van der Waals surface area contributed by atoms with Gasteiger partial charge in [-0.3, -0.25) is 9.80 Å². The lowest BCUT2D eigenvalue weighted by atomic mass is 10.0. The molecule has 2 saturated heterocycles. The van der Waals surface area contributed by atoms with Crippen molar-refractivity contribution in [3.05, 3.63) is 0 Å². The van der Waals surface area contributed by atoms with E-state index in [9.17, 15) is 4.79 Å². The standard InChI is InChI=1S/C12H22N2O2/c15-11-12-3-1-2-4-14(12)6-5-13-7-9-16-10-8-13/h11-12H,1-10H2. The Hall–Kier alpha value is -0.450. The minimum Gasteiger partial charge on any atom is -0.379 e. The smallest absolute Gasteiger partial charge is 0.137 e. The summed E-state index contributed by atoms with van der Waals surface area (Å²) < 4.78 is 5.32. The van der Waals surface area contributed by atoms with Gasteiger partial charge in [0.25, 0.3) is 0 Å². The summed E-state index contributed by atoms with van der Waals surface area (Å²) in [6.07, 6.45) is 4.62. The zero-order valence-corrected chi connectivity index (χ0v) is 9.94. The van der Waals surface area contributed by atoms with Gasteiger partial charge in [0.05, 0.1) is 19.3 Å². The molecule has 0 spiro atoms. The summed E-state index contributed by atoms with van der Waals surface area (Å²) in [6, 6.07) is 0.176. The molecule has 0 saturated carbocycles. The lowest BCUT2D eigenvalue weighted by molar-refractivity contribution is -0.113. The summed E-state index contributed by atoms with van der Waals surface area (Å²) in [6.45, 7) is 7.00. The molecule has 1 atom stereocenters. The van der Waals surface area contributed by atoms with E-state index in [1.807, 2.05) is 0 Å². The lowest BCUT2D eigenvalue weighted by Crippen LogP contribution is -2.46. The number of piperidine rings is 1. The Morgan fingerprint density at radius 2 is 1.94 bits per heavy atom. The predicted molar refractivity (Wildman–Crippen MR) is 62.5 cm³/mol. The number of aldehydes is 1. The molecule has 2 heterocycles. The largest absolute Gasteiger partial charge is 0.379 e. The third-order valence-electron chi connectivity index (χ3n) is 3.63. The second-order valence-corrected chi connectivity index (χ2v) is 4.69. The third kappa shape index (κ3) is 3.27. The monoisotopic (exact) mass is 226 g/mol. The van der Waals surface area contributed by atoms with Crippen LogP contribution in [0.1, 0.15) is 19.3 Å². The molecule has 0 aromatic carbocycles. The Bertz CT molecular complexity index is 217. The molecule has 4 nitrogen and oxygen atoms in total. The molecule has 2 fully saturated rings. The summed E-state index contributed by atoms with van der Waals surface area (Å²) in [5.74, 6) is 0. The Balaban J connectivity index is 1.72. The molecule has 2 aliphatic rings. The van der Waals surface area contributed by atoms with Crippen LogP contribution in [0.15, 0.2) is 0 Å². The van der Waals surface area contributed by atoms with Crippen LogP contribution >= 0.6 is 0 Å². The molecule has 92 valence electrons. The number of rotatable bonds is 4. The first-order valence-corrected chi connectivity index (χ1v) is 6.39. The number of hydrogen-bond acceptors (Lipinski definition) is 4. The minimum atomic E-state index is 0.176. The van der Waals surface area contributed by atoms with Crippen LogP contribution in [0.4, 0.5) is 0 Å². The van der Waals surface area contributed by atoms with Gasteiger partial charge in [0, 0.05) is 26.2 Å². The van der Waals surface area contributed by atoms with Crippen molar-refractivity contribution < 1.29 is 9.53 Å². The zero-order valence-electron chi connectivity index (χ0n) is 9.94. The molecule has 0 radical (unpaired) electrons. The fourth-order valence-corrected chi connectivity index (χ4v) is 2.54. The maximum atomic E-state index is 10.9. The van der Waals surface area contributed by atoms with Crippen molar-refractivity contribution in [3.63, 3.8) is 0 Å². The van der Waals surface area contributed by atoms with Gasteiger partial charge in [-0.2, -0.15) is 0 Å². The van der Waals surface area contributed by atoms with E-state index in [1.165, 1.54) is 12.8 Å². The Morgan fingerprint density at radius 1 is 1.12 bits per heavy atom. The molecule has 0 amide bonds. The number of hydrogen-bond donors (Lipinski definition) is 0. The summed E-state index contributed by atoms with van der Waals surface area (Å²) in [4.78, 5) is 15.7. The van der Waals surface area contributed by atoms with Crippen LogP contribution in [0.5, 0.6) is 0 Å². The van der Waals surface area contributed by atoms with Crippen LogP contribution in [0, 0.1) is 0 Å². The molecule has 2 rings (SSSR count). The molecule has 2 aliphatic heterocycles. The van der Waals surface area contributed by atoms with Crippen molar-refractivity contribution >= 4 is 6.29 Å². The second kappa shape index (κ2) is 6.33. The van der Waals surface area contributed by atoms with Gasteiger partial charge in [0.2, 0.25) is 0 Å². The highest BCUT2D eigenvalue weighted by Gasteiger charge is 2.22. The number of carbonyl (C=O) groups is 1. The van der Waals surface area contributed by atoms with E-state index in [2.05, 4.69) is 9.80 Å². The van der Waals surface area contributed by atoms with Gasteiger partial charge in [0.15, 0.2) is 0 Å². The van der Waals surface area contributed by atoms with Crippen LogP contribution in [0.3, 0.4) is 0 Å². The Labute approximate surface area is 97.5 Å². The molecule has 0 aromatic rings. The maximum Gasteiger partial charge on any atom is 0.137 e. The molecule has 16 heavy (non-hydrogen) atoms. The van der Waals surface area contributed by atoms with Gasteiger partial charge < -0.3 is 9.53 Å². The van der Waals surface area contributed by atoms with Crippen molar-refractivity contribution in [2.45, 2.75) is 25.3 Å². The van der Waals surface area contributed by atoms with Crippen molar-refractivity contribution in [1.82, 2.24) is 9.80 Å². The first-order chi connectivity index (χ1) is 7.90. The summed E-state index contributed by atoms with van der Waals surface area (Å²) >= 11 is 0. The van der Waals surface area contributed by atoms with E-state index < -0.39 is 0 Å². The van der Waals surface area contributed by atoms with Crippen LogP contribution in [0.25, 0.3) is 0 Å². The number of morpholine rings is 1. The summed E-state index contributed by atoms with van der Waals surface area (Å²) in [5.41, 5.74) is 0. The van der Waals surface area contributed by atoms with Crippen LogP contribution in [0.2, 0.25) is 0 Å². The molecule has 1 unspecified atom stereocenters. The summed E-state index contributed by atoms with van der Waals surface area (Å²) in [7, 11) is 0. The van der Waals surface area contributed by atoms with Crippen LogP contribution in [-0.4, -0.2) is 68.1 Å². The molecule has 0 aromatic heterocycles. The summed E-state index contributed by atoms with van der Waals surface area (Å²) in [5, 5.41) is 0. The van der Waals surface area contributed by atoms with E-state index in [-0.39, 0.29) is 6.04 Å².